The Hall–Kier alpha value is -2.51. The number of nitrogens with one attached hydrogen (secondary N) is 1. The average Bonchev–Trinajstić information content (AvgIpc) is 3.17. The fraction of sp³-hybridized carbons (Fsp3) is 0.0625. The van der Waals surface area contributed by atoms with Crippen molar-refractivity contribution in [3.63, 3.8) is 0 Å². The maximum Gasteiger partial charge on any atom is 0.203 e. The molecule has 0 saturated heterocycles. The molecule has 0 unspecified atom stereocenters. The van der Waals surface area contributed by atoms with Gasteiger partial charge >= 0.3 is 0 Å². The van der Waals surface area contributed by atoms with E-state index in [0.717, 1.165) is 11.4 Å². The summed E-state index contributed by atoms with van der Waals surface area (Å²) < 4.78 is 5.36. The summed E-state index contributed by atoms with van der Waals surface area (Å²) in [4.78, 5) is 1.23. The van der Waals surface area contributed by atoms with Gasteiger partial charge in [-0.25, -0.2) is 0 Å². The molecule has 0 aliphatic rings. The Morgan fingerprint density at radius 1 is 1.10 bits per heavy atom. The summed E-state index contributed by atoms with van der Waals surface area (Å²) in [5.74, 6) is 1.09. The lowest BCUT2D eigenvalue weighted by Gasteiger charge is -2.09. The number of thiophene rings is 1. The first-order valence-electron chi connectivity index (χ1n) is 6.22. The maximum absolute atomic E-state index is 8.74. The number of hydrogen-bond acceptors (Lipinski definition) is 4. The summed E-state index contributed by atoms with van der Waals surface area (Å²) in [6.45, 7) is 0.560. The van der Waals surface area contributed by atoms with Crippen molar-refractivity contribution in [3.8, 4) is 16.5 Å². The van der Waals surface area contributed by atoms with Gasteiger partial charge in [-0.15, -0.1) is 11.3 Å². The highest BCUT2D eigenvalue weighted by Crippen LogP contribution is 2.31. The van der Waals surface area contributed by atoms with Crippen molar-refractivity contribution in [1.82, 2.24) is 0 Å². The normalized spacial score (nSPS) is 10.2. The van der Waals surface area contributed by atoms with E-state index < -0.39 is 0 Å². The van der Waals surface area contributed by atoms with E-state index in [-0.39, 0.29) is 0 Å². The third-order valence-electron chi connectivity index (χ3n) is 2.94. The lowest BCUT2D eigenvalue weighted by atomic mass is 10.1. The molecule has 0 spiro atoms. The van der Waals surface area contributed by atoms with Crippen LogP contribution in [0.15, 0.2) is 58.3 Å². The highest BCUT2D eigenvalue weighted by Gasteiger charge is 2.06. The van der Waals surface area contributed by atoms with Gasteiger partial charge < -0.3 is 9.73 Å². The van der Waals surface area contributed by atoms with Crippen LogP contribution < -0.4 is 5.32 Å². The molecule has 2 heterocycles. The van der Waals surface area contributed by atoms with Crippen molar-refractivity contribution < 1.29 is 4.42 Å². The minimum Gasteiger partial charge on any atom is -0.449 e. The van der Waals surface area contributed by atoms with Crippen LogP contribution >= 0.6 is 11.3 Å². The van der Waals surface area contributed by atoms with Crippen LogP contribution in [0.4, 0.5) is 5.69 Å². The Labute approximate surface area is 121 Å². The monoisotopic (exact) mass is 280 g/mol. The molecular weight excluding hydrogens is 268 g/mol. The van der Waals surface area contributed by atoms with Crippen molar-refractivity contribution in [3.05, 3.63) is 65.4 Å². The molecule has 1 aromatic carbocycles. The molecule has 1 N–H and O–H groups in total. The van der Waals surface area contributed by atoms with E-state index in [1.54, 1.807) is 17.4 Å². The molecule has 0 aliphatic heterocycles. The Kier molecular flexibility index (Phi) is 3.53. The van der Waals surface area contributed by atoms with Gasteiger partial charge in [0.25, 0.3) is 0 Å². The second-order valence-corrected chi connectivity index (χ2v) is 5.20. The molecule has 3 nitrogen and oxygen atoms in total. The van der Waals surface area contributed by atoms with Crippen molar-refractivity contribution in [2.24, 2.45) is 0 Å². The molecule has 2 aromatic heterocycles. The van der Waals surface area contributed by atoms with Crippen molar-refractivity contribution >= 4 is 17.0 Å². The SMILES string of the molecule is N#Cc1ccc(CNc2ccccc2-c2cccs2)o1. The van der Waals surface area contributed by atoms with E-state index in [2.05, 4.69) is 22.8 Å². The molecule has 20 heavy (non-hydrogen) atoms. The summed E-state index contributed by atoms with van der Waals surface area (Å²) in [5.41, 5.74) is 2.24. The van der Waals surface area contributed by atoms with Crippen LogP contribution in [-0.2, 0) is 6.54 Å². The van der Waals surface area contributed by atoms with Crippen LogP contribution in [0.3, 0.4) is 0 Å². The first kappa shape index (κ1) is 12.5. The molecule has 0 radical (unpaired) electrons. The van der Waals surface area contributed by atoms with Gasteiger partial charge in [-0.2, -0.15) is 5.26 Å². The summed E-state index contributed by atoms with van der Waals surface area (Å²) in [7, 11) is 0. The number of nitrogens with zero attached hydrogens (tertiary/aromatic N) is 1. The number of benzene rings is 1. The van der Waals surface area contributed by atoms with Gasteiger partial charge in [0.15, 0.2) is 0 Å². The van der Waals surface area contributed by atoms with Gasteiger partial charge in [0.2, 0.25) is 5.76 Å². The Morgan fingerprint density at radius 2 is 2.00 bits per heavy atom. The standard InChI is InChI=1S/C16H12N2OS/c17-10-12-7-8-13(19-12)11-18-15-5-2-1-4-14(15)16-6-3-9-20-16/h1-9,18H,11H2. The summed E-state index contributed by atoms with van der Waals surface area (Å²) in [5, 5.41) is 14.2. The number of hydrogen-bond donors (Lipinski definition) is 1. The van der Waals surface area contributed by atoms with Crippen LogP contribution in [0.5, 0.6) is 0 Å². The fourth-order valence-corrected chi connectivity index (χ4v) is 2.77. The predicted molar refractivity (Wildman–Crippen MR) is 80.5 cm³/mol. The van der Waals surface area contributed by atoms with E-state index >= 15 is 0 Å². The number of nitriles is 1. The number of furan rings is 1. The third-order valence-corrected chi connectivity index (χ3v) is 3.84. The Morgan fingerprint density at radius 3 is 2.75 bits per heavy atom. The number of anilines is 1. The smallest absolute Gasteiger partial charge is 0.203 e. The van der Waals surface area contributed by atoms with E-state index in [0.29, 0.717) is 12.3 Å². The number of rotatable bonds is 4. The van der Waals surface area contributed by atoms with E-state index in [1.807, 2.05) is 36.4 Å². The molecule has 3 rings (SSSR count). The first-order valence-corrected chi connectivity index (χ1v) is 7.10. The summed E-state index contributed by atoms with van der Waals surface area (Å²) >= 11 is 1.71. The van der Waals surface area contributed by atoms with Crippen molar-refractivity contribution in [2.45, 2.75) is 6.54 Å². The molecule has 0 fully saturated rings. The fourth-order valence-electron chi connectivity index (χ4n) is 2.00. The van der Waals surface area contributed by atoms with Gasteiger partial charge in [0, 0.05) is 16.1 Å². The van der Waals surface area contributed by atoms with Gasteiger partial charge in [0.05, 0.1) is 6.54 Å². The maximum atomic E-state index is 8.74. The minimum absolute atomic E-state index is 0.341. The molecular formula is C16H12N2OS. The van der Waals surface area contributed by atoms with Crippen LogP contribution in [0.2, 0.25) is 0 Å². The average molecular weight is 280 g/mol. The molecule has 4 heteroatoms. The van der Waals surface area contributed by atoms with Gasteiger partial charge in [-0.1, -0.05) is 24.3 Å². The third kappa shape index (κ3) is 2.58. The van der Waals surface area contributed by atoms with Crippen LogP contribution in [0, 0.1) is 11.3 Å². The highest BCUT2D eigenvalue weighted by molar-refractivity contribution is 7.13. The predicted octanol–water partition coefficient (Wildman–Crippen LogP) is 4.49. The molecule has 0 atom stereocenters. The molecule has 0 amide bonds. The largest absolute Gasteiger partial charge is 0.449 e. The van der Waals surface area contributed by atoms with E-state index in [1.165, 1.54) is 10.4 Å². The topological polar surface area (TPSA) is 49.0 Å². The molecule has 0 aliphatic carbocycles. The van der Waals surface area contributed by atoms with Crippen LogP contribution in [0.1, 0.15) is 11.5 Å². The van der Waals surface area contributed by atoms with Crippen LogP contribution in [0.25, 0.3) is 10.4 Å². The van der Waals surface area contributed by atoms with Gasteiger partial charge in [-0.05, 0) is 29.6 Å². The lowest BCUT2D eigenvalue weighted by molar-refractivity contribution is 0.506. The second kappa shape index (κ2) is 5.64. The molecule has 0 bridgehead atoms. The second-order valence-electron chi connectivity index (χ2n) is 4.25. The zero-order valence-electron chi connectivity index (χ0n) is 10.7. The quantitative estimate of drug-likeness (QED) is 0.766. The van der Waals surface area contributed by atoms with E-state index in [9.17, 15) is 0 Å². The van der Waals surface area contributed by atoms with Gasteiger partial charge in [-0.3, -0.25) is 0 Å². The zero-order chi connectivity index (χ0) is 13.8. The summed E-state index contributed by atoms with van der Waals surface area (Å²) in [6.07, 6.45) is 0. The lowest BCUT2D eigenvalue weighted by Crippen LogP contribution is -1.99. The zero-order valence-corrected chi connectivity index (χ0v) is 11.5. The molecule has 3 aromatic rings. The van der Waals surface area contributed by atoms with Crippen molar-refractivity contribution in [1.29, 1.82) is 5.26 Å². The highest BCUT2D eigenvalue weighted by atomic mass is 32.1. The van der Waals surface area contributed by atoms with E-state index in [4.69, 9.17) is 9.68 Å². The minimum atomic E-state index is 0.341. The molecule has 98 valence electrons. The number of para-hydroxylation sites is 1. The van der Waals surface area contributed by atoms with Crippen LogP contribution in [-0.4, -0.2) is 0 Å². The summed E-state index contributed by atoms with van der Waals surface area (Å²) in [6, 6.07) is 17.8. The molecule has 0 saturated carbocycles. The van der Waals surface area contributed by atoms with Crippen molar-refractivity contribution in [2.75, 3.05) is 5.32 Å². The van der Waals surface area contributed by atoms with Gasteiger partial charge in [0.1, 0.15) is 11.8 Å². The Bertz CT molecular complexity index is 738. The first-order chi connectivity index (χ1) is 9.86. The Balaban J connectivity index is 1.80.